The van der Waals surface area contributed by atoms with Crippen molar-refractivity contribution in [3.8, 4) is 5.75 Å². The Balaban J connectivity index is 1.48. The van der Waals surface area contributed by atoms with Crippen LogP contribution in [-0.2, 0) is 11.3 Å². The molecular weight excluding hydrogens is 472 g/mol. The zero-order chi connectivity index (χ0) is 25.2. The zero-order valence-corrected chi connectivity index (χ0v) is 17.8. The standard InChI is InChI=1S/C23H16F4N4O4/c24-16-3-1-14(2-4-16)21(33)29-19-11-28-10-9-15(19)12-30-13-20(32)31(22(30)34)17-5-7-18(8-6-17)35-23(25,26)27/h1-11H,12-13H2,(H,29,33). The van der Waals surface area contributed by atoms with Crippen LogP contribution in [0.2, 0.25) is 0 Å². The number of benzene rings is 2. The topological polar surface area (TPSA) is 91.8 Å². The van der Waals surface area contributed by atoms with Gasteiger partial charge in [-0.3, -0.25) is 14.6 Å². The van der Waals surface area contributed by atoms with Crippen LogP contribution in [0.15, 0.2) is 67.0 Å². The molecule has 4 amide bonds. The van der Waals surface area contributed by atoms with Gasteiger partial charge in [0.15, 0.2) is 0 Å². The summed E-state index contributed by atoms with van der Waals surface area (Å²) in [5.74, 6) is -2.08. The molecule has 0 saturated carbocycles. The first kappa shape index (κ1) is 23.7. The highest BCUT2D eigenvalue weighted by Gasteiger charge is 2.37. The summed E-state index contributed by atoms with van der Waals surface area (Å²) in [6.07, 6.45) is -2.05. The second-order valence-corrected chi connectivity index (χ2v) is 7.40. The van der Waals surface area contributed by atoms with E-state index in [-0.39, 0.29) is 30.0 Å². The van der Waals surface area contributed by atoms with Crippen LogP contribution in [-0.4, -0.2) is 40.6 Å². The van der Waals surface area contributed by atoms with Gasteiger partial charge in [-0.25, -0.2) is 14.1 Å². The largest absolute Gasteiger partial charge is 0.573 e. The number of carbonyl (C=O) groups is 3. The number of hydrogen-bond donors (Lipinski definition) is 1. The van der Waals surface area contributed by atoms with Crippen molar-refractivity contribution in [1.29, 1.82) is 0 Å². The average molecular weight is 488 g/mol. The predicted molar refractivity (Wildman–Crippen MR) is 115 cm³/mol. The summed E-state index contributed by atoms with van der Waals surface area (Å²) in [6, 6.07) is 10.1. The lowest BCUT2D eigenvalue weighted by Crippen LogP contribution is -2.33. The van der Waals surface area contributed by atoms with Gasteiger partial charge in [-0.2, -0.15) is 0 Å². The SMILES string of the molecule is O=C(Nc1cnccc1CN1CC(=O)N(c2ccc(OC(F)(F)F)cc2)C1=O)c1ccc(F)cc1. The maximum Gasteiger partial charge on any atom is 0.573 e. The molecule has 1 aliphatic rings. The Morgan fingerprint density at radius 1 is 1.03 bits per heavy atom. The first-order valence-electron chi connectivity index (χ1n) is 10.1. The second-order valence-electron chi connectivity index (χ2n) is 7.40. The number of nitrogens with one attached hydrogen (secondary N) is 1. The van der Waals surface area contributed by atoms with E-state index in [1.165, 1.54) is 41.6 Å². The Bertz CT molecular complexity index is 1260. The number of ether oxygens (including phenoxy) is 1. The summed E-state index contributed by atoms with van der Waals surface area (Å²) in [5.41, 5.74) is 1.05. The number of imide groups is 1. The van der Waals surface area contributed by atoms with Crippen molar-refractivity contribution in [2.45, 2.75) is 12.9 Å². The van der Waals surface area contributed by atoms with Gasteiger partial charge < -0.3 is 15.0 Å². The van der Waals surface area contributed by atoms with E-state index in [1.807, 2.05) is 0 Å². The number of amides is 4. The Morgan fingerprint density at radius 2 is 1.71 bits per heavy atom. The van der Waals surface area contributed by atoms with Crippen LogP contribution in [0.4, 0.5) is 33.7 Å². The molecule has 0 bridgehead atoms. The van der Waals surface area contributed by atoms with Gasteiger partial charge in [-0.05, 0) is 60.2 Å². The lowest BCUT2D eigenvalue weighted by molar-refractivity contribution is -0.274. The summed E-state index contributed by atoms with van der Waals surface area (Å²) >= 11 is 0. The van der Waals surface area contributed by atoms with Gasteiger partial charge in [0.2, 0.25) is 0 Å². The van der Waals surface area contributed by atoms with Crippen LogP contribution in [0.25, 0.3) is 0 Å². The molecule has 0 atom stereocenters. The molecule has 2 aromatic carbocycles. The summed E-state index contributed by atoms with van der Waals surface area (Å²) in [7, 11) is 0. The lowest BCUT2D eigenvalue weighted by atomic mass is 10.1. The Morgan fingerprint density at radius 3 is 2.37 bits per heavy atom. The summed E-state index contributed by atoms with van der Waals surface area (Å²) in [6.45, 7) is -0.342. The highest BCUT2D eigenvalue weighted by Crippen LogP contribution is 2.28. The molecule has 0 aliphatic carbocycles. The molecule has 4 rings (SSSR count). The van der Waals surface area contributed by atoms with E-state index in [0.29, 0.717) is 5.56 Å². The Labute approximate surface area is 195 Å². The van der Waals surface area contributed by atoms with Crippen LogP contribution in [0, 0.1) is 5.82 Å². The quantitative estimate of drug-likeness (QED) is 0.412. The number of alkyl halides is 3. The van der Waals surface area contributed by atoms with E-state index >= 15 is 0 Å². The van der Waals surface area contributed by atoms with Crippen molar-refractivity contribution in [3.63, 3.8) is 0 Å². The van der Waals surface area contributed by atoms with Crippen molar-refractivity contribution in [3.05, 3.63) is 83.9 Å². The van der Waals surface area contributed by atoms with Crippen molar-refractivity contribution >= 4 is 29.2 Å². The molecule has 0 spiro atoms. The number of rotatable bonds is 6. The fourth-order valence-corrected chi connectivity index (χ4v) is 3.40. The molecule has 8 nitrogen and oxygen atoms in total. The maximum atomic E-state index is 13.1. The number of nitrogens with zero attached hydrogens (tertiary/aromatic N) is 3. The highest BCUT2D eigenvalue weighted by atomic mass is 19.4. The molecular formula is C23H16F4N4O4. The second kappa shape index (κ2) is 9.41. The van der Waals surface area contributed by atoms with Gasteiger partial charge in [0.05, 0.1) is 24.1 Å². The molecule has 1 aromatic heterocycles. The van der Waals surface area contributed by atoms with Crippen LogP contribution in [0.1, 0.15) is 15.9 Å². The Kier molecular flexibility index (Phi) is 6.36. The van der Waals surface area contributed by atoms with Gasteiger partial charge in [0.25, 0.3) is 11.8 Å². The number of halogens is 4. The smallest absolute Gasteiger partial charge is 0.406 e. The summed E-state index contributed by atoms with van der Waals surface area (Å²) < 4.78 is 54.0. The molecule has 0 radical (unpaired) electrons. The van der Waals surface area contributed by atoms with E-state index in [9.17, 15) is 31.9 Å². The minimum absolute atomic E-state index is 0.0576. The number of aromatic nitrogens is 1. The molecule has 1 fully saturated rings. The normalized spacial score (nSPS) is 13.8. The van der Waals surface area contributed by atoms with Crippen LogP contribution >= 0.6 is 0 Å². The fourth-order valence-electron chi connectivity index (χ4n) is 3.40. The van der Waals surface area contributed by atoms with Crippen molar-refractivity contribution < 1.29 is 36.7 Å². The minimum atomic E-state index is -4.87. The highest BCUT2D eigenvalue weighted by molar-refractivity contribution is 6.19. The maximum absolute atomic E-state index is 13.1. The summed E-state index contributed by atoms with van der Waals surface area (Å²) in [5, 5.41) is 2.65. The van der Waals surface area contributed by atoms with Crippen LogP contribution < -0.4 is 15.0 Å². The number of urea groups is 1. The van der Waals surface area contributed by atoms with Gasteiger partial charge in [0, 0.05) is 11.8 Å². The monoisotopic (exact) mass is 488 g/mol. The molecule has 1 aliphatic heterocycles. The average Bonchev–Trinajstić information content (AvgIpc) is 3.08. The predicted octanol–water partition coefficient (Wildman–Crippen LogP) is 4.34. The molecule has 1 saturated heterocycles. The van der Waals surface area contributed by atoms with Crippen LogP contribution in [0.5, 0.6) is 5.75 Å². The van der Waals surface area contributed by atoms with Gasteiger partial charge >= 0.3 is 12.4 Å². The zero-order valence-electron chi connectivity index (χ0n) is 17.8. The molecule has 0 unspecified atom stereocenters. The van der Waals surface area contributed by atoms with E-state index in [4.69, 9.17) is 0 Å². The van der Waals surface area contributed by atoms with Crippen molar-refractivity contribution in [1.82, 2.24) is 9.88 Å². The van der Waals surface area contributed by atoms with E-state index in [0.717, 1.165) is 29.2 Å². The third kappa shape index (κ3) is 5.54. The van der Waals surface area contributed by atoms with Crippen LogP contribution in [0.3, 0.4) is 0 Å². The molecule has 3 aromatic rings. The fraction of sp³-hybridized carbons (Fsp3) is 0.130. The summed E-state index contributed by atoms with van der Waals surface area (Å²) in [4.78, 5) is 43.9. The minimum Gasteiger partial charge on any atom is -0.406 e. The van der Waals surface area contributed by atoms with Gasteiger partial charge in [0.1, 0.15) is 18.1 Å². The third-order valence-corrected chi connectivity index (χ3v) is 4.99. The van der Waals surface area contributed by atoms with Crippen molar-refractivity contribution in [2.75, 3.05) is 16.8 Å². The molecule has 180 valence electrons. The van der Waals surface area contributed by atoms with Gasteiger partial charge in [-0.15, -0.1) is 13.2 Å². The first-order valence-corrected chi connectivity index (χ1v) is 10.1. The molecule has 35 heavy (non-hydrogen) atoms. The number of hydrogen-bond acceptors (Lipinski definition) is 5. The van der Waals surface area contributed by atoms with E-state index in [2.05, 4.69) is 15.0 Å². The van der Waals surface area contributed by atoms with Gasteiger partial charge in [-0.1, -0.05) is 0 Å². The third-order valence-electron chi connectivity index (χ3n) is 4.99. The molecule has 1 N–H and O–H groups in total. The Hall–Kier alpha value is -4.48. The lowest BCUT2D eigenvalue weighted by Gasteiger charge is -2.19. The van der Waals surface area contributed by atoms with E-state index in [1.54, 1.807) is 6.07 Å². The number of anilines is 2. The molecule has 2 heterocycles. The number of pyridine rings is 1. The first-order chi connectivity index (χ1) is 16.6. The molecule has 12 heteroatoms. The van der Waals surface area contributed by atoms with E-state index < -0.39 is 35.8 Å². The van der Waals surface area contributed by atoms with Crippen molar-refractivity contribution in [2.24, 2.45) is 0 Å². The number of carbonyl (C=O) groups excluding carboxylic acids is 3.